The number of benzene rings is 1. The molecular formula is C21H22Cl2N4O3. The van der Waals surface area contributed by atoms with Crippen molar-refractivity contribution in [3.63, 3.8) is 0 Å². The van der Waals surface area contributed by atoms with Crippen molar-refractivity contribution in [3.05, 3.63) is 34.4 Å². The summed E-state index contributed by atoms with van der Waals surface area (Å²) in [7, 11) is 3.07. The molecule has 9 heteroatoms. The Balaban J connectivity index is 1.86. The number of nitrogens with one attached hydrogen (secondary N) is 1. The van der Waals surface area contributed by atoms with Crippen molar-refractivity contribution in [1.29, 1.82) is 0 Å². The number of aromatic nitrogens is 2. The predicted molar refractivity (Wildman–Crippen MR) is 120 cm³/mol. The smallest absolute Gasteiger partial charge is 0.141 e. The van der Waals surface area contributed by atoms with E-state index in [1.165, 1.54) is 14.2 Å². The van der Waals surface area contributed by atoms with E-state index in [0.29, 0.717) is 50.4 Å². The summed E-state index contributed by atoms with van der Waals surface area (Å²) in [4.78, 5) is 9.05. The number of hydrogen-bond acceptors (Lipinski definition) is 7. The fraction of sp³-hybridized carbons (Fsp3) is 0.333. The van der Waals surface area contributed by atoms with Gasteiger partial charge in [-0.2, -0.15) is 0 Å². The maximum absolute atomic E-state index is 6.61. The van der Waals surface area contributed by atoms with Gasteiger partial charge in [-0.3, -0.25) is 0 Å². The number of pyridine rings is 2. The van der Waals surface area contributed by atoms with Crippen molar-refractivity contribution < 1.29 is 14.2 Å². The van der Waals surface area contributed by atoms with Crippen LogP contribution < -0.4 is 20.5 Å². The van der Waals surface area contributed by atoms with Crippen molar-refractivity contribution in [2.45, 2.75) is 6.42 Å². The van der Waals surface area contributed by atoms with Gasteiger partial charge in [0, 0.05) is 47.7 Å². The van der Waals surface area contributed by atoms with E-state index in [1.807, 2.05) is 6.07 Å². The van der Waals surface area contributed by atoms with Gasteiger partial charge in [0.05, 0.1) is 36.6 Å². The molecule has 0 radical (unpaired) electrons. The number of ether oxygens (including phenoxy) is 3. The highest BCUT2D eigenvalue weighted by molar-refractivity contribution is 6.41. The van der Waals surface area contributed by atoms with Crippen LogP contribution in [0.5, 0.6) is 11.5 Å². The highest BCUT2D eigenvalue weighted by atomic mass is 35.5. The molecule has 4 rings (SSSR count). The molecule has 0 saturated carbocycles. The second-order valence-electron chi connectivity index (χ2n) is 7.08. The molecule has 0 spiro atoms. The van der Waals surface area contributed by atoms with Gasteiger partial charge in [-0.05, 0) is 18.6 Å². The molecule has 0 bridgehead atoms. The van der Waals surface area contributed by atoms with Crippen molar-refractivity contribution >= 4 is 45.6 Å². The second kappa shape index (κ2) is 8.71. The van der Waals surface area contributed by atoms with Crippen molar-refractivity contribution in [1.82, 2.24) is 9.97 Å². The molecule has 1 fully saturated rings. The first-order valence-corrected chi connectivity index (χ1v) is 10.3. The lowest BCUT2D eigenvalue weighted by atomic mass is 10.1. The van der Waals surface area contributed by atoms with E-state index in [0.717, 1.165) is 37.0 Å². The Hall–Kier alpha value is -2.48. The van der Waals surface area contributed by atoms with Crippen LogP contribution in [0.4, 0.5) is 11.6 Å². The van der Waals surface area contributed by atoms with Crippen LogP contribution in [0.3, 0.4) is 0 Å². The molecule has 0 amide bonds. The third-order valence-corrected chi connectivity index (χ3v) is 5.90. The van der Waals surface area contributed by atoms with Gasteiger partial charge in [0.2, 0.25) is 0 Å². The largest absolute Gasteiger partial charge is 0.495 e. The lowest BCUT2D eigenvalue weighted by Crippen LogP contribution is -2.15. The molecule has 3 aromatic rings. The molecule has 1 aromatic carbocycles. The van der Waals surface area contributed by atoms with Crippen LogP contribution in [-0.2, 0) is 4.74 Å². The van der Waals surface area contributed by atoms with Gasteiger partial charge in [-0.15, -0.1) is 0 Å². The Morgan fingerprint density at radius 1 is 1.17 bits per heavy atom. The van der Waals surface area contributed by atoms with Gasteiger partial charge in [0.25, 0.3) is 0 Å². The van der Waals surface area contributed by atoms with Gasteiger partial charge >= 0.3 is 0 Å². The number of methoxy groups -OCH3 is 2. The molecule has 1 unspecified atom stereocenters. The summed E-state index contributed by atoms with van der Waals surface area (Å²) >= 11 is 13.2. The highest BCUT2D eigenvalue weighted by Crippen LogP contribution is 2.46. The van der Waals surface area contributed by atoms with Gasteiger partial charge in [-0.1, -0.05) is 23.2 Å². The number of rotatable bonds is 6. The number of anilines is 2. The standard InChI is InChI=1S/C21H22Cl2N4O3/c1-28-15-7-16(29-2)20(23)18(19(15)22)14-5-12-9-25-17(24)6-13(12)21(27-14)26-8-11-3-4-30-10-11/h5-7,9,11H,3-4,8,10H2,1-2H3,(H2,24,25)(H,26,27). The Kier molecular flexibility index (Phi) is 6.04. The number of nitrogen functional groups attached to an aromatic ring is 1. The number of hydrogen-bond donors (Lipinski definition) is 2. The third-order valence-electron chi connectivity index (χ3n) is 5.15. The van der Waals surface area contributed by atoms with E-state index in [4.69, 9.17) is 48.1 Å². The number of halogens is 2. The van der Waals surface area contributed by atoms with Crippen LogP contribution in [0.2, 0.25) is 10.0 Å². The normalized spacial score (nSPS) is 16.1. The molecule has 30 heavy (non-hydrogen) atoms. The first-order valence-electron chi connectivity index (χ1n) is 9.50. The Bertz CT molecular complexity index is 1060. The number of nitrogens with zero attached hydrogens (tertiary/aromatic N) is 2. The minimum atomic E-state index is 0.355. The molecule has 1 aliphatic rings. The van der Waals surface area contributed by atoms with Crippen molar-refractivity contribution in [2.24, 2.45) is 5.92 Å². The quantitative estimate of drug-likeness (QED) is 0.566. The molecule has 3 heterocycles. The van der Waals surface area contributed by atoms with E-state index in [-0.39, 0.29) is 0 Å². The maximum Gasteiger partial charge on any atom is 0.141 e. The Morgan fingerprint density at radius 3 is 2.53 bits per heavy atom. The topological polar surface area (TPSA) is 91.5 Å². The van der Waals surface area contributed by atoms with Crippen LogP contribution in [0.1, 0.15) is 6.42 Å². The summed E-state index contributed by atoms with van der Waals surface area (Å²) in [6.45, 7) is 2.25. The van der Waals surface area contributed by atoms with Crippen LogP contribution in [0.25, 0.3) is 22.0 Å². The summed E-state index contributed by atoms with van der Waals surface area (Å²) in [6, 6.07) is 5.32. The summed E-state index contributed by atoms with van der Waals surface area (Å²) in [5.74, 6) is 2.42. The van der Waals surface area contributed by atoms with Crippen molar-refractivity contribution in [3.8, 4) is 22.8 Å². The fourth-order valence-electron chi connectivity index (χ4n) is 3.52. The van der Waals surface area contributed by atoms with Crippen LogP contribution in [-0.4, -0.2) is 43.9 Å². The molecule has 3 N–H and O–H groups in total. The molecule has 1 saturated heterocycles. The van der Waals surface area contributed by atoms with Gasteiger partial charge in [0.1, 0.15) is 23.1 Å². The van der Waals surface area contributed by atoms with Crippen LogP contribution >= 0.6 is 23.2 Å². The maximum atomic E-state index is 6.61. The minimum absolute atomic E-state index is 0.355. The zero-order valence-electron chi connectivity index (χ0n) is 16.7. The molecule has 158 valence electrons. The molecule has 1 atom stereocenters. The summed E-state index contributed by atoms with van der Waals surface area (Å²) in [5.41, 5.74) is 7.03. The van der Waals surface area contributed by atoms with E-state index >= 15 is 0 Å². The summed E-state index contributed by atoms with van der Waals surface area (Å²) in [6.07, 6.45) is 2.72. The Labute approximate surface area is 184 Å². The zero-order valence-corrected chi connectivity index (χ0v) is 18.2. The predicted octanol–water partition coefficient (Wildman–Crippen LogP) is 4.65. The molecule has 2 aromatic heterocycles. The Morgan fingerprint density at radius 2 is 1.90 bits per heavy atom. The van der Waals surface area contributed by atoms with Crippen LogP contribution in [0.15, 0.2) is 24.4 Å². The SMILES string of the molecule is COc1cc(OC)c(Cl)c(-c2cc3cnc(N)cc3c(NCC3CCOC3)n2)c1Cl. The van der Waals surface area contributed by atoms with Crippen molar-refractivity contribution in [2.75, 3.05) is 45.0 Å². The van der Waals surface area contributed by atoms with Crippen LogP contribution in [0, 0.1) is 5.92 Å². The zero-order chi connectivity index (χ0) is 21.3. The summed E-state index contributed by atoms with van der Waals surface area (Å²) in [5, 5.41) is 5.87. The minimum Gasteiger partial charge on any atom is -0.495 e. The van der Waals surface area contributed by atoms with E-state index < -0.39 is 0 Å². The van der Waals surface area contributed by atoms with Gasteiger partial charge in [-0.25, -0.2) is 9.97 Å². The second-order valence-corrected chi connectivity index (χ2v) is 7.84. The number of nitrogens with two attached hydrogens (primary N) is 1. The molecule has 0 aliphatic carbocycles. The number of fused-ring (bicyclic) bond motifs is 1. The fourth-order valence-corrected chi connectivity index (χ4v) is 4.22. The lowest BCUT2D eigenvalue weighted by Gasteiger charge is -2.17. The molecular weight excluding hydrogens is 427 g/mol. The molecule has 1 aliphatic heterocycles. The third kappa shape index (κ3) is 3.93. The summed E-state index contributed by atoms with van der Waals surface area (Å²) < 4.78 is 16.3. The van der Waals surface area contributed by atoms with E-state index in [1.54, 1.807) is 18.3 Å². The molecule has 7 nitrogen and oxygen atoms in total. The monoisotopic (exact) mass is 448 g/mol. The van der Waals surface area contributed by atoms with E-state index in [9.17, 15) is 0 Å². The van der Waals surface area contributed by atoms with Gasteiger partial charge < -0.3 is 25.3 Å². The average molecular weight is 449 g/mol. The van der Waals surface area contributed by atoms with Gasteiger partial charge in [0.15, 0.2) is 0 Å². The highest BCUT2D eigenvalue weighted by Gasteiger charge is 2.22. The lowest BCUT2D eigenvalue weighted by molar-refractivity contribution is 0.187. The average Bonchev–Trinajstić information content (AvgIpc) is 3.26. The first kappa shape index (κ1) is 20.8. The van der Waals surface area contributed by atoms with E-state index in [2.05, 4.69) is 10.3 Å². The first-order chi connectivity index (χ1) is 14.5.